The molecule has 1 fully saturated rings. The Bertz CT molecular complexity index is 1310. The largest absolute Gasteiger partial charge is 0.480 e. The van der Waals surface area contributed by atoms with Gasteiger partial charge in [-0.15, -0.1) is 0 Å². The van der Waals surface area contributed by atoms with Crippen molar-refractivity contribution in [3.05, 3.63) is 70.9 Å². The first-order chi connectivity index (χ1) is 14.8. The number of fused-ring (bicyclic) bond motifs is 1. The lowest BCUT2D eigenvalue weighted by Crippen LogP contribution is -2.54. The minimum absolute atomic E-state index is 0.0224. The van der Waals surface area contributed by atoms with Crippen molar-refractivity contribution in [3.8, 4) is 0 Å². The number of carboxylic acid groups (broad SMARTS) is 1. The predicted molar refractivity (Wildman–Crippen MR) is 122 cm³/mol. The van der Waals surface area contributed by atoms with Gasteiger partial charge in [-0.1, -0.05) is 30.3 Å². The fourth-order valence-corrected chi connectivity index (χ4v) is 3.93. The lowest BCUT2D eigenvalue weighted by atomic mass is 10.0. The first-order valence-electron chi connectivity index (χ1n) is 9.54. The van der Waals surface area contributed by atoms with E-state index in [0.29, 0.717) is 16.8 Å². The van der Waals surface area contributed by atoms with Crippen molar-refractivity contribution in [2.45, 2.75) is 20.4 Å². The Balaban J connectivity index is 1.83. The Hall–Kier alpha value is -3.78. The molecule has 7 nitrogen and oxygen atoms in total. The molecule has 2 amide bonds. The first-order valence-corrected chi connectivity index (χ1v) is 9.95. The van der Waals surface area contributed by atoms with E-state index in [2.05, 4.69) is 5.32 Å². The van der Waals surface area contributed by atoms with Crippen LogP contribution in [0.1, 0.15) is 16.7 Å². The van der Waals surface area contributed by atoms with Crippen LogP contribution in [-0.2, 0) is 20.9 Å². The summed E-state index contributed by atoms with van der Waals surface area (Å²) >= 11 is 5.29. The normalized spacial score (nSPS) is 15.6. The van der Waals surface area contributed by atoms with Crippen molar-refractivity contribution in [2.75, 3.05) is 4.90 Å². The predicted octanol–water partition coefficient (Wildman–Crippen LogP) is 3.17. The number of nitrogens with zero attached hydrogens (tertiary/aromatic N) is 2. The summed E-state index contributed by atoms with van der Waals surface area (Å²) in [5.41, 5.74) is 3.60. The molecule has 0 unspecified atom stereocenters. The summed E-state index contributed by atoms with van der Waals surface area (Å²) in [7, 11) is 0. The van der Waals surface area contributed by atoms with Crippen molar-refractivity contribution in [1.82, 2.24) is 9.88 Å². The number of anilines is 1. The number of para-hydroxylation sites is 1. The summed E-state index contributed by atoms with van der Waals surface area (Å²) in [5, 5.41) is 12.6. The molecule has 156 valence electrons. The molecule has 2 heterocycles. The molecule has 4 rings (SSSR count). The van der Waals surface area contributed by atoms with Crippen LogP contribution in [0.15, 0.2) is 54.2 Å². The molecule has 0 spiro atoms. The van der Waals surface area contributed by atoms with Crippen molar-refractivity contribution < 1.29 is 19.5 Å². The number of carbonyl (C=O) groups excluding carboxylic acids is 2. The van der Waals surface area contributed by atoms with Gasteiger partial charge in [0.25, 0.3) is 11.8 Å². The standard InChI is InChI=1S/C23H19N3O4S/c1-13-7-8-14(2)19(9-13)26-22(30)17(21(29)24-23(26)31)10-15-11-25(12-20(27)28)18-6-4-3-5-16(15)18/h3-11H,12H2,1-2H3,(H,27,28)(H,24,29,31)/b17-10+. The third kappa shape index (κ3) is 3.73. The molecule has 0 radical (unpaired) electrons. The molecular weight excluding hydrogens is 414 g/mol. The van der Waals surface area contributed by atoms with Gasteiger partial charge in [0, 0.05) is 22.7 Å². The van der Waals surface area contributed by atoms with E-state index in [0.717, 1.165) is 16.5 Å². The maximum atomic E-state index is 13.3. The SMILES string of the molecule is Cc1ccc(C)c(N2C(=O)/C(=C/c3cn(CC(=O)O)c4ccccc34)C(=O)NC2=S)c1. The van der Waals surface area contributed by atoms with Gasteiger partial charge in [-0.2, -0.15) is 0 Å². The van der Waals surface area contributed by atoms with Gasteiger partial charge < -0.3 is 9.67 Å². The van der Waals surface area contributed by atoms with Crippen LogP contribution in [0, 0.1) is 13.8 Å². The van der Waals surface area contributed by atoms with E-state index >= 15 is 0 Å². The van der Waals surface area contributed by atoms with E-state index in [1.165, 1.54) is 11.0 Å². The average Bonchev–Trinajstić information content (AvgIpc) is 3.04. The molecule has 1 saturated heterocycles. The molecule has 2 N–H and O–H groups in total. The van der Waals surface area contributed by atoms with E-state index in [4.69, 9.17) is 12.2 Å². The number of hydrogen-bond donors (Lipinski definition) is 2. The fraction of sp³-hybridized carbons (Fsp3) is 0.130. The van der Waals surface area contributed by atoms with Gasteiger partial charge in [-0.25, -0.2) is 0 Å². The number of rotatable bonds is 4. The average molecular weight is 433 g/mol. The zero-order chi connectivity index (χ0) is 22.3. The zero-order valence-corrected chi connectivity index (χ0v) is 17.7. The van der Waals surface area contributed by atoms with Gasteiger partial charge in [0.1, 0.15) is 12.1 Å². The van der Waals surface area contributed by atoms with Crippen LogP contribution >= 0.6 is 12.2 Å². The van der Waals surface area contributed by atoms with E-state index in [9.17, 15) is 19.5 Å². The van der Waals surface area contributed by atoms with Crippen LogP contribution in [-0.4, -0.2) is 32.6 Å². The molecule has 2 aromatic carbocycles. The second kappa shape index (κ2) is 7.81. The van der Waals surface area contributed by atoms with Crippen molar-refractivity contribution in [1.29, 1.82) is 0 Å². The number of nitrogens with one attached hydrogen (secondary N) is 1. The lowest BCUT2D eigenvalue weighted by molar-refractivity contribution is -0.137. The molecule has 0 atom stereocenters. The molecule has 31 heavy (non-hydrogen) atoms. The summed E-state index contributed by atoms with van der Waals surface area (Å²) in [6.45, 7) is 3.54. The Labute approximate surface area is 183 Å². The topological polar surface area (TPSA) is 91.6 Å². The third-order valence-corrected chi connectivity index (χ3v) is 5.42. The highest BCUT2D eigenvalue weighted by Gasteiger charge is 2.35. The van der Waals surface area contributed by atoms with Gasteiger partial charge in [-0.05, 0) is 55.4 Å². The molecule has 8 heteroatoms. The number of aryl methyl sites for hydroxylation is 2. The van der Waals surface area contributed by atoms with Gasteiger partial charge in [0.05, 0.1) is 5.69 Å². The smallest absolute Gasteiger partial charge is 0.323 e. The number of benzene rings is 2. The maximum Gasteiger partial charge on any atom is 0.323 e. The summed E-state index contributed by atoms with van der Waals surface area (Å²) in [6, 6.07) is 12.9. The van der Waals surface area contributed by atoms with Crippen molar-refractivity contribution >= 4 is 57.8 Å². The van der Waals surface area contributed by atoms with E-state index in [1.54, 1.807) is 22.9 Å². The molecule has 1 aromatic heterocycles. The summed E-state index contributed by atoms with van der Waals surface area (Å²) < 4.78 is 1.57. The highest BCUT2D eigenvalue weighted by molar-refractivity contribution is 7.80. The number of carbonyl (C=O) groups is 3. The molecule has 3 aromatic rings. The number of aliphatic carboxylic acids is 1. The second-order valence-corrected chi connectivity index (χ2v) is 7.76. The maximum absolute atomic E-state index is 13.3. The Morgan fingerprint density at radius 1 is 1.16 bits per heavy atom. The molecule has 0 aliphatic carbocycles. The number of amides is 2. The first kappa shape index (κ1) is 20.5. The van der Waals surface area contributed by atoms with Gasteiger partial charge in [0.2, 0.25) is 0 Å². The van der Waals surface area contributed by atoms with E-state index in [-0.39, 0.29) is 17.2 Å². The zero-order valence-electron chi connectivity index (χ0n) is 16.9. The number of hydrogen-bond acceptors (Lipinski definition) is 4. The lowest BCUT2D eigenvalue weighted by Gasteiger charge is -2.30. The highest BCUT2D eigenvalue weighted by Crippen LogP contribution is 2.28. The van der Waals surface area contributed by atoms with Gasteiger partial charge >= 0.3 is 5.97 Å². The molecule has 1 aliphatic heterocycles. The molecule has 0 bridgehead atoms. The van der Waals surface area contributed by atoms with E-state index < -0.39 is 17.8 Å². The van der Waals surface area contributed by atoms with Crippen molar-refractivity contribution in [2.24, 2.45) is 0 Å². The molecule has 1 aliphatic rings. The Kier molecular flexibility index (Phi) is 5.16. The van der Waals surface area contributed by atoms with Gasteiger partial charge in [0.15, 0.2) is 5.11 Å². The van der Waals surface area contributed by atoms with Crippen LogP contribution in [0.2, 0.25) is 0 Å². The number of thiocarbonyl (C=S) groups is 1. The minimum Gasteiger partial charge on any atom is -0.480 e. The molecule has 0 saturated carbocycles. The summed E-state index contributed by atoms with van der Waals surface area (Å²) in [4.78, 5) is 38.6. The summed E-state index contributed by atoms with van der Waals surface area (Å²) in [5.74, 6) is -2.11. The van der Waals surface area contributed by atoms with Crippen LogP contribution in [0.4, 0.5) is 5.69 Å². The van der Waals surface area contributed by atoms with Crippen LogP contribution in [0.3, 0.4) is 0 Å². The Morgan fingerprint density at radius 2 is 1.90 bits per heavy atom. The highest BCUT2D eigenvalue weighted by atomic mass is 32.1. The third-order valence-electron chi connectivity index (χ3n) is 5.13. The van der Waals surface area contributed by atoms with E-state index in [1.807, 2.05) is 44.2 Å². The van der Waals surface area contributed by atoms with Gasteiger partial charge in [-0.3, -0.25) is 24.6 Å². The summed E-state index contributed by atoms with van der Waals surface area (Å²) in [6.07, 6.45) is 3.11. The fourth-order valence-electron chi connectivity index (χ4n) is 3.66. The van der Waals surface area contributed by atoms with Crippen LogP contribution in [0.25, 0.3) is 17.0 Å². The van der Waals surface area contributed by atoms with Crippen molar-refractivity contribution in [3.63, 3.8) is 0 Å². The Morgan fingerprint density at radius 3 is 2.65 bits per heavy atom. The van der Waals surface area contributed by atoms with Crippen LogP contribution in [0.5, 0.6) is 0 Å². The molecular formula is C23H19N3O4S. The minimum atomic E-state index is -0.988. The number of carboxylic acids is 1. The second-order valence-electron chi connectivity index (χ2n) is 7.37. The van der Waals surface area contributed by atoms with Crippen LogP contribution < -0.4 is 10.2 Å². The quantitative estimate of drug-likeness (QED) is 0.375. The monoisotopic (exact) mass is 433 g/mol. The number of aromatic nitrogens is 1.